The van der Waals surface area contributed by atoms with Crippen LogP contribution in [0.2, 0.25) is 0 Å². The van der Waals surface area contributed by atoms with Crippen LogP contribution in [0.5, 0.6) is 0 Å². The van der Waals surface area contributed by atoms with Gasteiger partial charge in [-0.05, 0) is 0 Å². The van der Waals surface area contributed by atoms with E-state index in [0.717, 1.165) is 0 Å². The molecule has 0 aromatic rings. The van der Waals surface area contributed by atoms with Crippen molar-refractivity contribution in [2.75, 3.05) is 5.62 Å². The molecule has 0 bridgehead atoms. The Morgan fingerprint density at radius 1 is 2.00 bits per heavy atom. The van der Waals surface area contributed by atoms with Gasteiger partial charge in [0.25, 0.3) is 0 Å². The van der Waals surface area contributed by atoms with Crippen LogP contribution in [-0.4, -0.2) is 10.5 Å². The molecule has 38 valence electrons. The Bertz CT molecular complexity index is 77.6. The van der Waals surface area contributed by atoms with Gasteiger partial charge in [0.05, 0.1) is 0 Å². The van der Waals surface area contributed by atoms with Crippen molar-refractivity contribution in [3.8, 4) is 0 Å². The smallest absolute Gasteiger partial charge is 0.320 e. The van der Waals surface area contributed by atoms with Crippen LogP contribution in [0.3, 0.4) is 0 Å². The van der Waals surface area contributed by atoms with E-state index in [1.807, 2.05) is 0 Å². The highest BCUT2D eigenvalue weighted by Gasteiger charge is 2.10. The molecule has 0 aliphatic carbocycles. The van der Waals surface area contributed by atoms with Crippen molar-refractivity contribution >= 4 is 19.3 Å². The monoisotopic (exact) mass is 132 g/mol. The number of hydrogen-bond donors (Lipinski definition) is 1. The van der Waals surface area contributed by atoms with E-state index in [1.165, 1.54) is 0 Å². The lowest BCUT2D eigenvalue weighted by Gasteiger charge is -1.86. The molecule has 1 N–H and O–H groups in total. The van der Waals surface area contributed by atoms with Gasteiger partial charge in [-0.1, -0.05) is 0 Å². The third kappa shape index (κ3) is 4.41. The lowest BCUT2D eigenvalue weighted by molar-refractivity contribution is 0.435. The van der Waals surface area contributed by atoms with Gasteiger partial charge in [0.15, 0.2) is 0 Å². The van der Waals surface area contributed by atoms with Gasteiger partial charge in [0.1, 0.15) is 5.62 Å². The van der Waals surface area contributed by atoms with E-state index in [-0.39, 0.29) is 0 Å². The largest absolute Gasteiger partial charge is 0.379 e. The highest BCUT2D eigenvalue weighted by molar-refractivity contribution is 7.54. The maximum atomic E-state index is 11.1. The molecular weight excluding hydrogens is 129 g/mol. The molecule has 0 aliphatic rings. The van der Waals surface area contributed by atoms with Gasteiger partial charge >= 0.3 is 7.68 Å². The third-order valence-electron chi connectivity index (χ3n) is 0.147. The summed E-state index contributed by atoms with van der Waals surface area (Å²) in [5.74, 6) is 0. The Kier molecular flexibility index (Phi) is 2.05. The molecular formula is CH3ClFO2P. The first-order valence-corrected chi connectivity index (χ1v) is 3.41. The molecule has 0 aromatic carbocycles. The summed E-state index contributed by atoms with van der Waals surface area (Å²) < 4.78 is 20.4. The second-order valence-electron chi connectivity index (χ2n) is 0.736. The minimum absolute atomic E-state index is 0.812. The van der Waals surface area contributed by atoms with Gasteiger partial charge in [0, 0.05) is 0 Å². The highest BCUT2D eigenvalue weighted by Crippen LogP contribution is 2.42. The minimum atomic E-state index is -4.38. The van der Waals surface area contributed by atoms with Crippen LogP contribution < -0.4 is 0 Å². The van der Waals surface area contributed by atoms with Crippen molar-refractivity contribution in [3.05, 3.63) is 0 Å². The maximum Gasteiger partial charge on any atom is 0.379 e. The normalized spacial score (nSPS) is 19.8. The van der Waals surface area contributed by atoms with Crippen molar-refractivity contribution < 1.29 is 13.7 Å². The Morgan fingerprint density at radius 2 is 2.17 bits per heavy atom. The number of alkyl halides is 1. The Hall–Kier alpha value is 0.410. The summed E-state index contributed by atoms with van der Waals surface area (Å²) >= 11 is 4.59. The Labute approximate surface area is 39.5 Å². The molecule has 0 saturated heterocycles. The Balaban J connectivity index is 3.48. The van der Waals surface area contributed by atoms with E-state index in [0.29, 0.717) is 0 Å². The lowest BCUT2D eigenvalue weighted by Crippen LogP contribution is -1.65. The summed E-state index contributed by atoms with van der Waals surface area (Å²) in [6.45, 7) is 0. The van der Waals surface area contributed by atoms with Crippen LogP contribution in [0.15, 0.2) is 0 Å². The fourth-order valence-corrected chi connectivity index (χ4v) is 0. The van der Waals surface area contributed by atoms with Crippen LogP contribution in [0.1, 0.15) is 0 Å². The molecule has 0 aromatic heterocycles. The van der Waals surface area contributed by atoms with Crippen LogP contribution >= 0.6 is 19.3 Å². The van der Waals surface area contributed by atoms with Gasteiger partial charge in [-0.2, -0.15) is 4.20 Å². The predicted octanol–water partition coefficient (Wildman–Crippen LogP) is 1.34. The first-order chi connectivity index (χ1) is 2.56. The van der Waals surface area contributed by atoms with E-state index in [9.17, 15) is 8.76 Å². The first-order valence-electron chi connectivity index (χ1n) is 1.14. The van der Waals surface area contributed by atoms with Crippen molar-refractivity contribution in [1.29, 1.82) is 0 Å². The first kappa shape index (κ1) is 6.41. The predicted molar refractivity (Wildman–Crippen MR) is 21.7 cm³/mol. The van der Waals surface area contributed by atoms with Crippen molar-refractivity contribution in [2.45, 2.75) is 0 Å². The summed E-state index contributed by atoms with van der Waals surface area (Å²) in [6.07, 6.45) is 0. The fraction of sp³-hybridized carbons (Fsp3) is 1.00. The fourth-order valence-electron chi connectivity index (χ4n) is 0. The molecule has 6 heavy (non-hydrogen) atoms. The zero-order valence-electron chi connectivity index (χ0n) is 2.77. The second-order valence-corrected chi connectivity index (χ2v) is 2.92. The highest BCUT2D eigenvalue weighted by atomic mass is 35.5. The molecule has 0 rings (SSSR count). The zero-order valence-corrected chi connectivity index (χ0v) is 4.42. The average molecular weight is 132 g/mol. The van der Waals surface area contributed by atoms with Crippen molar-refractivity contribution in [2.24, 2.45) is 0 Å². The van der Waals surface area contributed by atoms with Gasteiger partial charge in [-0.25, -0.2) is 0 Å². The van der Waals surface area contributed by atoms with Gasteiger partial charge in [-0.3, -0.25) is 4.57 Å². The van der Waals surface area contributed by atoms with Gasteiger partial charge < -0.3 is 4.89 Å². The van der Waals surface area contributed by atoms with Crippen molar-refractivity contribution in [3.63, 3.8) is 0 Å². The van der Waals surface area contributed by atoms with Crippen LogP contribution in [0, 0.1) is 0 Å². The second kappa shape index (κ2) is 1.92. The number of halogens is 2. The van der Waals surface area contributed by atoms with Gasteiger partial charge in [-0.15, -0.1) is 11.6 Å². The number of rotatable bonds is 1. The topological polar surface area (TPSA) is 37.3 Å². The quantitative estimate of drug-likeness (QED) is 0.432. The standard InChI is InChI=1S/CH3ClFO2P/c2-1-6(3,4)5/h1H2,(H,4,5). The van der Waals surface area contributed by atoms with E-state index in [2.05, 4.69) is 11.6 Å². The van der Waals surface area contributed by atoms with Crippen LogP contribution in [-0.2, 0) is 4.57 Å². The molecule has 0 fully saturated rings. The molecule has 0 saturated carbocycles. The molecule has 5 heteroatoms. The van der Waals surface area contributed by atoms with Crippen molar-refractivity contribution in [1.82, 2.24) is 0 Å². The SMILES string of the molecule is O=P(O)(F)CCl. The minimum Gasteiger partial charge on any atom is -0.320 e. The molecule has 0 radical (unpaired) electrons. The van der Waals surface area contributed by atoms with E-state index >= 15 is 0 Å². The third-order valence-corrected chi connectivity index (χ3v) is 1.33. The molecule has 0 amide bonds. The summed E-state index contributed by atoms with van der Waals surface area (Å²) in [4.78, 5) is 7.58. The zero-order chi connectivity index (χ0) is 5.21. The molecule has 0 aliphatic heterocycles. The lowest BCUT2D eigenvalue weighted by atomic mass is 11.9. The molecule has 1 unspecified atom stereocenters. The van der Waals surface area contributed by atoms with E-state index in [1.54, 1.807) is 0 Å². The van der Waals surface area contributed by atoms with Gasteiger partial charge in [0.2, 0.25) is 0 Å². The Morgan fingerprint density at radius 3 is 2.17 bits per heavy atom. The van der Waals surface area contributed by atoms with Crippen LogP contribution in [0.25, 0.3) is 0 Å². The molecule has 1 atom stereocenters. The van der Waals surface area contributed by atoms with Crippen LogP contribution in [0.4, 0.5) is 4.20 Å². The summed E-state index contributed by atoms with van der Waals surface area (Å²) in [5.41, 5.74) is -0.812. The summed E-state index contributed by atoms with van der Waals surface area (Å²) in [5, 5.41) is 0. The molecule has 2 nitrogen and oxygen atoms in total. The average Bonchev–Trinajstić information content (AvgIpc) is 1.35. The number of hydrogen-bond acceptors (Lipinski definition) is 1. The maximum absolute atomic E-state index is 11.1. The van der Waals surface area contributed by atoms with E-state index < -0.39 is 13.3 Å². The summed E-state index contributed by atoms with van der Waals surface area (Å²) in [6, 6.07) is 0. The molecule has 0 heterocycles. The van der Waals surface area contributed by atoms with E-state index in [4.69, 9.17) is 4.89 Å². The molecule has 0 spiro atoms. The summed E-state index contributed by atoms with van der Waals surface area (Å²) in [7, 11) is -4.38.